The van der Waals surface area contributed by atoms with Crippen LogP contribution in [-0.2, 0) is 0 Å². The fraction of sp³-hybridized carbons (Fsp3) is 0.571. The minimum Gasteiger partial charge on any atom is -0.366 e. The lowest BCUT2D eigenvalue weighted by Gasteiger charge is -2.15. The van der Waals surface area contributed by atoms with E-state index < -0.39 is 0 Å². The van der Waals surface area contributed by atoms with Gasteiger partial charge in [0.1, 0.15) is 11.8 Å². The van der Waals surface area contributed by atoms with Gasteiger partial charge in [0, 0.05) is 18.4 Å². The molecular weight excluding hydrogens is 238 g/mol. The van der Waals surface area contributed by atoms with E-state index in [0.29, 0.717) is 11.7 Å². The van der Waals surface area contributed by atoms with Gasteiger partial charge >= 0.3 is 0 Å². The van der Waals surface area contributed by atoms with Crippen LogP contribution in [0.1, 0.15) is 40.0 Å². The van der Waals surface area contributed by atoms with Crippen LogP contribution < -0.4 is 5.32 Å². The average molecular weight is 259 g/mol. The zero-order valence-electron chi connectivity index (χ0n) is 11.8. The molecule has 5 heteroatoms. The molecule has 102 valence electrons. The summed E-state index contributed by atoms with van der Waals surface area (Å²) in [6, 6.07) is 0.374. The lowest BCUT2D eigenvalue weighted by molar-refractivity contribution is 0.520. The third-order valence-corrected chi connectivity index (χ3v) is 3.07. The quantitative estimate of drug-likeness (QED) is 0.863. The number of hydrogen-bond donors (Lipinski definition) is 1. The van der Waals surface area contributed by atoms with Crippen LogP contribution in [0.5, 0.6) is 0 Å². The summed E-state index contributed by atoms with van der Waals surface area (Å²) >= 11 is 0. The average Bonchev–Trinajstić information content (AvgIpc) is 2.39. The second-order valence-corrected chi connectivity index (χ2v) is 5.32. The molecule has 1 N–H and O–H groups in total. The SMILES string of the molecule is CC(C)CCCC(C)Nc1ncnc2nccnc12. The monoisotopic (exact) mass is 259 g/mol. The first-order chi connectivity index (χ1) is 9.16. The van der Waals surface area contributed by atoms with Gasteiger partial charge in [-0.1, -0.05) is 26.7 Å². The third-order valence-electron chi connectivity index (χ3n) is 3.07. The zero-order chi connectivity index (χ0) is 13.7. The number of nitrogens with one attached hydrogen (secondary N) is 1. The van der Waals surface area contributed by atoms with Crippen molar-refractivity contribution in [1.29, 1.82) is 0 Å². The van der Waals surface area contributed by atoms with Gasteiger partial charge in [-0.25, -0.2) is 19.9 Å². The van der Waals surface area contributed by atoms with E-state index in [-0.39, 0.29) is 0 Å². The minimum atomic E-state index is 0.374. The maximum Gasteiger partial charge on any atom is 0.183 e. The van der Waals surface area contributed by atoms with Crippen LogP contribution >= 0.6 is 0 Å². The van der Waals surface area contributed by atoms with E-state index >= 15 is 0 Å². The van der Waals surface area contributed by atoms with Crippen LogP contribution in [0.3, 0.4) is 0 Å². The van der Waals surface area contributed by atoms with Gasteiger partial charge in [0.25, 0.3) is 0 Å². The van der Waals surface area contributed by atoms with Crippen molar-refractivity contribution >= 4 is 17.0 Å². The van der Waals surface area contributed by atoms with Crippen molar-refractivity contribution < 1.29 is 0 Å². The molecule has 0 aromatic carbocycles. The summed E-state index contributed by atoms with van der Waals surface area (Å²) in [7, 11) is 0. The van der Waals surface area contributed by atoms with Crippen molar-refractivity contribution in [2.24, 2.45) is 5.92 Å². The largest absolute Gasteiger partial charge is 0.366 e. The Bertz CT molecular complexity index is 521. The summed E-state index contributed by atoms with van der Waals surface area (Å²) in [4.78, 5) is 16.8. The molecule has 0 saturated carbocycles. The first kappa shape index (κ1) is 13.6. The number of anilines is 1. The molecule has 2 heterocycles. The summed E-state index contributed by atoms with van der Waals surface area (Å²) in [5.41, 5.74) is 1.37. The fourth-order valence-electron chi connectivity index (χ4n) is 2.04. The van der Waals surface area contributed by atoms with Crippen molar-refractivity contribution in [1.82, 2.24) is 19.9 Å². The Morgan fingerprint density at radius 3 is 2.58 bits per heavy atom. The van der Waals surface area contributed by atoms with Crippen LogP contribution in [0, 0.1) is 5.92 Å². The molecule has 0 aliphatic carbocycles. The fourth-order valence-corrected chi connectivity index (χ4v) is 2.04. The number of nitrogens with zero attached hydrogens (tertiary/aromatic N) is 4. The van der Waals surface area contributed by atoms with E-state index in [1.54, 1.807) is 12.4 Å². The minimum absolute atomic E-state index is 0.374. The Hall–Kier alpha value is -1.78. The van der Waals surface area contributed by atoms with Gasteiger partial charge in [-0.15, -0.1) is 0 Å². The second-order valence-electron chi connectivity index (χ2n) is 5.32. The molecule has 2 rings (SSSR count). The topological polar surface area (TPSA) is 63.6 Å². The van der Waals surface area contributed by atoms with E-state index in [0.717, 1.165) is 23.7 Å². The maximum atomic E-state index is 4.29. The summed E-state index contributed by atoms with van der Waals surface area (Å²) < 4.78 is 0. The Kier molecular flexibility index (Phi) is 4.60. The number of aromatic nitrogens is 4. The van der Waals surface area contributed by atoms with Gasteiger partial charge in [-0.2, -0.15) is 0 Å². The standard InChI is InChI=1S/C14H21N5/c1-10(2)5-4-6-11(3)19-14-12-13(17-9-18-14)16-8-7-15-12/h7-11H,4-6H2,1-3H3,(H,16,17,18,19). The molecule has 5 nitrogen and oxygen atoms in total. The zero-order valence-corrected chi connectivity index (χ0v) is 11.8. The van der Waals surface area contributed by atoms with Crippen molar-refractivity contribution in [2.75, 3.05) is 5.32 Å². The molecule has 1 atom stereocenters. The molecule has 0 saturated heterocycles. The normalized spacial score (nSPS) is 12.8. The lowest BCUT2D eigenvalue weighted by atomic mass is 10.0. The molecule has 1 unspecified atom stereocenters. The van der Waals surface area contributed by atoms with Gasteiger partial charge in [0.2, 0.25) is 0 Å². The molecule has 19 heavy (non-hydrogen) atoms. The molecule has 0 radical (unpaired) electrons. The summed E-state index contributed by atoms with van der Waals surface area (Å²) in [5, 5.41) is 3.40. The van der Waals surface area contributed by atoms with Gasteiger partial charge in [-0.3, -0.25) is 0 Å². The van der Waals surface area contributed by atoms with Crippen LogP contribution in [0.2, 0.25) is 0 Å². The van der Waals surface area contributed by atoms with Crippen molar-refractivity contribution in [3.05, 3.63) is 18.7 Å². The van der Waals surface area contributed by atoms with Crippen LogP contribution in [-0.4, -0.2) is 26.0 Å². The molecule has 0 bridgehead atoms. The molecular formula is C14H21N5. The van der Waals surface area contributed by atoms with Crippen LogP contribution in [0.25, 0.3) is 11.2 Å². The Balaban J connectivity index is 2.00. The molecule has 0 aliphatic heterocycles. The predicted octanol–water partition coefficient (Wildman–Crippen LogP) is 3.05. The molecule has 2 aromatic heterocycles. The Morgan fingerprint density at radius 1 is 1.00 bits per heavy atom. The number of rotatable bonds is 6. The molecule has 0 spiro atoms. The van der Waals surface area contributed by atoms with Gasteiger partial charge in [0.15, 0.2) is 11.5 Å². The molecule has 0 fully saturated rings. The second kappa shape index (κ2) is 6.41. The lowest BCUT2D eigenvalue weighted by Crippen LogP contribution is -2.16. The van der Waals surface area contributed by atoms with E-state index in [4.69, 9.17) is 0 Å². The molecule has 0 aliphatic rings. The van der Waals surface area contributed by atoms with E-state index in [1.165, 1.54) is 19.2 Å². The summed E-state index contributed by atoms with van der Waals surface area (Å²) in [5.74, 6) is 1.54. The third kappa shape index (κ3) is 3.84. The van der Waals surface area contributed by atoms with Crippen molar-refractivity contribution in [2.45, 2.75) is 46.1 Å². The molecule has 0 amide bonds. The maximum absolute atomic E-state index is 4.29. The highest BCUT2D eigenvalue weighted by Gasteiger charge is 2.09. The molecule has 2 aromatic rings. The smallest absolute Gasteiger partial charge is 0.183 e. The number of hydrogen-bond acceptors (Lipinski definition) is 5. The van der Waals surface area contributed by atoms with E-state index in [2.05, 4.69) is 46.0 Å². The van der Waals surface area contributed by atoms with Crippen LogP contribution in [0.4, 0.5) is 5.82 Å². The van der Waals surface area contributed by atoms with Crippen molar-refractivity contribution in [3.8, 4) is 0 Å². The highest BCUT2D eigenvalue weighted by Crippen LogP contribution is 2.16. The van der Waals surface area contributed by atoms with E-state index in [1.807, 2.05) is 0 Å². The van der Waals surface area contributed by atoms with Gasteiger partial charge in [0.05, 0.1) is 0 Å². The number of fused-ring (bicyclic) bond motifs is 1. The van der Waals surface area contributed by atoms with Gasteiger partial charge in [-0.05, 0) is 19.3 Å². The first-order valence-electron chi connectivity index (χ1n) is 6.85. The van der Waals surface area contributed by atoms with Gasteiger partial charge < -0.3 is 5.32 Å². The predicted molar refractivity (Wildman–Crippen MR) is 76.9 cm³/mol. The summed E-state index contributed by atoms with van der Waals surface area (Å²) in [6.07, 6.45) is 8.45. The first-order valence-corrected chi connectivity index (χ1v) is 6.85. The van der Waals surface area contributed by atoms with E-state index in [9.17, 15) is 0 Å². The Labute approximate surface area is 113 Å². The highest BCUT2D eigenvalue weighted by atomic mass is 15.1. The summed E-state index contributed by atoms with van der Waals surface area (Å²) in [6.45, 7) is 6.68. The highest BCUT2D eigenvalue weighted by molar-refractivity contribution is 5.81. The Morgan fingerprint density at radius 2 is 1.79 bits per heavy atom. The van der Waals surface area contributed by atoms with Crippen LogP contribution in [0.15, 0.2) is 18.7 Å². The van der Waals surface area contributed by atoms with Crippen molar-refractivity contribution in [3.63, 3.8) is 0 Å².